The van der Waals surface area contributed by atoms with Gasteiger partial charge in [0.15, 0.2) is 0 Å². The van der Waals surface area contributed by atoms with Crippen LogP contribution in [-0.4, -0.2) is 10.9 Å². The van der Waals surface area contributed by atoms with Crippen molar-refractivity contribution in [2.24, 2.45) is 0 Å². The Kier molecular flexibility index (Phi) is 3.43. The molecule has 0 aliphatic carbocycles. The number of hydrogen-bond acceptors (Lipinski definition) is 2. The van der Waals surface area contributed by atoms with Crippen molar-refractivity contribution < 1.29 is 4.79 Å². The van der Waals surface area contributed by atoms with Gasteiger partial charge in [0, 0.05) is 12.6 Å². The van der Waals surface area contributed by atoms with Crippen molar-refractivity contribution in [3.63, 3.8) is 0 Å². The highest BCUT2D eigenvalue weighted by atomic mass is 16.1. The van der Waals surface area contributed by atoms with Crippen molar-refractivity contribution in [1.29, 1.82) is 0 Å². The molecular weight excluding hydrogens is 164 g/mol. The Balaban J connectivity index is 2.58. The van der Waals surface area contributed by atoms with Gasteiger partial charge in [-0.15, -0.1) is 0 Å². The third kappa shape index (κ3) is 3.23. The molecule has 13 heavy (non-hydrogen) atoms. The molecule has 0 unspecified atom stereocenters. The van der Waals surface area contributed by atoms with Gasteiger partial charge in [-0.3, -0.25) is 4.79 Å². The average Bonchev–Trinajstić information content (AvgIpc) is 2.04. The molecule has 1 amide bonds. The summed E-state index contributed by atoms with van der Waals surface area (Å²) >= 11 is 0. The number of nitrogens with zero attached hydrogens (tertiary/aromatic N) is 1. The smallest absolute Gasteiger partial charge is 0.225 e. The van der Waals surface area contributed by atoms with Crippen molar-refractivity contribution in [3.8, 4) is 0 Å². The lowest BCUT2D eigenvalue weighted by atomic mass is 10.3. The van der Waals surface area contributed by atoms with Gasteiger partial charge in [-0.05, 0) is 31.0 Å². The van der Waals surface area contributed by atoms with E-state index < -0.39 is 0 Å². The van der Waals surface area contributed by atoms with Gasteiger partial charge in [0.2, 0.25) is 5.91 Å². The minimum absolute atomic E-state index is 0.0283. The number of rotatable bonds is 3. The standard InChI is InChI=1S/C10H14N2O/c1-3-4-10(13)12-9-7-8(2)5-6-11-9/h5-7H,3-4H2,1-2H3,(H,11,12,13). The fourth-order valence-electron chi connectivity index (χ4n) is 1.04. The van der Waals surface area contributed by atoms with Crippen LogP contribution in [0, 0.1) is 6.92 Å². The zero-order valence-corrected chi connectivity index (χ0v) is 8.00. The van der Waals surface area contributed by atoms with Crippen LogP contribution < -0.4 is 5.32 Å². The van der Waals surface area contributed by atoms with Crippen LogP contribution in [0.15, 0.2) is 18.3 Å². The molecule has 0 bridgehead atoms. The van der Waals surface area contributed by atoms with E-state index in [4.69, 9.17) is 0 Å². The number of amides is 1. The van der Waals surface area contributed by atoms with Crippen molar-refractivity contribution >= 4 is 11.7 Å². The monoisotopic (exact) mass is 178 g/mol. The summed E-state index contributed by atoms with van der Waals surface area (Å²) in [6.45, 7) is 3.94. The molecular formula is C10H14N2O. The summed E-state index contributed by atoms with van der Waals surface area (Å²) in [5.74, 6) is 0.666. The summed E-state index contributed by atoms with van der Waals surface area (Å²) in [7, 11) is 0. The lowest BCUT2D eigenvalue weighted by Crippen LogP contribution is -2.11. The molecule has 0 aromatic carbocycles. The molecule has 3 nitrogen and oxygen atoms in total. The first-order valence-electron chi connectivity index (χ1n) is 4.45. The number of anilines is 1. The topological polar surface area (TPSA) is 42.0 Å². The molecule has 0 spiro atoms. The number of pyridine rings is 1. The largest absolute Gasteiger partial charge is 0.311 e. The van der Waals surface area contributed by atoms with E-state index in [2.05, 4.69) is 10.3 Å². The van der Waals surface area contributed by atoms with E-state index >= 15 is 0 Å². The molecule has 1 rings (SSSR count). The Morgan fingerprint density at radius 2 is 2.38 bits per heavy atom. The quantitative estimate of drug-likeness (QED) is 0.770. The van der Waals surface area contributed by atoms with Crippen molar-refractivity contribution in [1.82, 2.24) is 4.98 Å². The van der Waals surface area contributed by atoms with Gasteiger partial charge >= 0.3 is 0 Å². The Morgan fingerprint density at radius 3 is 3.00 bits per heavy atom. The van der Waals surface area contributed by atoms with Crippen LogP contribution in [0.4, 0.5) is 5.82 Å². The predicted molar refractivity (Wildman–Crippen MR) is 52.5 cm³/mol. The van der Waals surface area contributed by atoms with E-state index in [0.717, 1.165) is 12.0 Å². The van der Waals surface area contributed by atoms with Gasteiger partial charge in [-0.25, -0.2) is 4.98 Å². The van der Waals surface area contributed by atoms with Gasteiger partial charge in [-0.2, -0.15) is 0 Å². The normalized spacial score (nSPS) is 9.69. The Labute approximate surface area is 78.2 Å². The molecule has 0 saturated heterocycles. The number of aromatic nitrogens is 1. The SMILES string of the molecule is CCCC(=O)Nc1cc(C)ccn1. The highest BCUT2D eigenvalue weighted by molar-refractivity contribution is 5.89. The second-order valence-electron chi connectivity index (χ2n) is 3.02. The zero-order chi connectivity index (χ0) is 9.68. The molecule has 0 radical (unpaired) electrons. The summed E-state index contributed by atoms with van der Waals surface area (Å²) in [5, 5.41) is 2.73. The summed E-state index contributed by atoms with van der Waals surface area (Å²) in [5.41, 5.74) is 1.10. The molecule has 0 saturated carbocycles. The van der Waals surface area contributed by atoms with E-state index in [-0.39, 0.29) is 5.91 Å². The maximum absolute atomic E-state index is 11.2. The number of nitrogens with one attached hydrogen (secondary N) is 1. The van der Waals surface area contributed by atoms with Crippen LogP contribution in [0.5, 0.6) is 0 Å². The van der Waals surface area contributed by atoms with Crippen molar-refractivity contribution in [3.05, 3.63) is 23.9 Å². The third-order valence-electron chi connectivity index (χ3n) is 1.66. The summed E-state index contributed by atoms with van der Waals surface area (Å²) < 4.78 is 0. The Morgan fingerprint density at radius 1 is 1.62 bits per heavy atom. The molecule has 0 fully saturated rings. The Hall–Kier alpha value is -1.38. The van der Waals surface area contributed by atoms with E-state index in [1.165, 1.54) is 0 Å². The first kappa shape index (κ1) is 9.71. The number of hydrogen-bond donors (Lipinski definition) is 1. The maximum atomic E-state index is 11.2. The minimum Gasteiger partial charge on any atom is -0.311 e. The Bertz CT molecular complexity index is 297. The van der Waals surface area contributed by atoms with Crippen LogP contribution in [0.3, 0.4) is 0 Å². The van der Waals surface area contributed by atoms with Crippen LogP contribution in [0.1, 0.15) is 25.3 Å². The van der Waals surface area contributed by atoms with Gasteiger partial charge in [0.1, 0.15) is 5.82 Å². The summed E-state index contributed by atoms with van der Waals surface area (Å²) in [4.78, 5) is 15.2. The maximum Gasteiger partial charge on any atom is 0.225 e. The second-order valence-corrected chi connectivity index (χ2v) is 3.02. The van der Waals surface area contributed by atoms with Crippen LogP contribution >= 0.6 is 0 Å². The van der Waals surface area contributed by atoms with Crippen LogP contribution in [0.25, 0.3) is 0 Å². The van der Waals surface area contributed by atoms with Gasteiger partial charge in [0.05, 0.1) is 0 Å². The molecule has 1 heterocycles. The number of carbonyl (C=O) groups excluding carboxylic acids is 1. The molecule has 1 N–H and O–H groups in total. The predicted octanol–water partition coefficient (Wildman–Crippen LogP) is 2.13. The lowest BCUT2D eigenvalue weighted by Gasteiger charge is -2.02. The molecule has 3 heteroatoms. The average molecular weight is 178 g/mol. The fourth-order valence-corrected chi connectivity index (χ4v) is 1.04. The van der Waals surface area contributed by atoms with Crippen molar-refractivity contribution in [2.45, 2.75) is 26.7 Å². The zero-order valence-electron chi connectivity index (χ0n) is 8.00. The molecule has 1 aromatic heterocycles. The lowest BCUT2D eigenvalue weighted by molar-refractivity contribution is -0.116. The second kappa shape index (κ2) is 4.60. The molecule has 0 aliphatic heterocycles. The van der Waals surface area contributed by atoms with Gasteiger partial charge < -0.3 is 5.32 Å². The molecule has 1 aromatic rings. The first-order valence-corrected chi connectivity index (χ1v) is 4.45. The van der Waals surface area contributed by atoms with Crippen LogP contribution in [0.2, 0.25) is 0 Å². The van der Waals surface area contributed by atoms with E-state index in [1.54, 1.807) is 6.20 Å². The van der Waals surface area contributed by atoms with Crippen LogP contribution in [-0.2, 0) is 4.79 Å². The van der Waals surface area contributed by atoms with Crippen molar-refractivity contribution in [2.75, 3.05) is 5.32 Å². The minimum atomic E-state index is 0.0283. The van der Waals surface area contributed by atoms with E-state index in [0.29, 0.717) is 12.2 Å². The third-order valence-corrected chi connectivity index (χ3v) is 1.66. The van der Waals surface area contributed by atoms with E-state index in [1.807, 2.05) is 26.0 Å². The number of aryl methyl sites for hydroxylation is 1. The highest BCUT2D eigenvalue weighted by Gasteiger charge is 2.00. The first-order chi connectivity index (χ1) is 6.22. The molecule has 70 valence electrons. The fraction of sp³-hybridized carbons (Fsp3) is 0.400. The van der Waals surface area contributed by atoms with E-state index in [9.17, 15) is 4.79 Å². The van der Waals surface area contributed by atoms with Gasteiger partial charge in [0.25, 0.3) is 0 Å². The number of carbonyl (C=O) groups is 1. The molecule has 0 aliphatic rings. The van der Waals surface area contributed by atoms with Gasteiger partial charge in [-0.1, -0.05) is 6.92 Å². The highest BCUT2D eigenvalue weighted by Crippen LogP contribution is 2.05. The summed E-state index contributed by atoms with van der Waals surface area (Å²) in [6, 6.07) is 3.75. The summed E-state index contributed by atoms with van der Waals surface area (Å²) in [6.07, 6.45) is 3.10. The molecule has 0 atom stereocenters.